The maximum atomic E-state index is 5.69. The molecule has 1 aliphatic rings. The average Bonchev–Trinajstić information content (AvgIpc) is 3.31. The van der Waals surface area contributed by atoms with Crippen molar-refractivity contribution in [1.82, 2.24) is 19.8 Å². The highest BCUT2D eigenvalue weighted by molar-refractivity contribution is 7.80. The van der Waals surface area contributed by atoms with Gasteiger partial charge in [0.25, 0.3) is 0 Å². The van der Waals surface area contributed by atoms with Gasteiger partial charge in [0.1, 0.15) is 0 Å². The molecule has 2 atom stereocenters. The molecular formula is C22H24N4OS. The van der Waals surface area contributed by atoms with Crippen molar-refractivity contribution in [3.05, 3.63) is 83.9 Å². The number of rotatable bonds is 6. The van der Waals surface area contributed by atoms with Crippen molar-refractivity contribution in [2.24, 2.45) is 0 Å². The summed E-state index contributed by atoms with van der Waals surface area (Å²) in [7, 11) is 1.72. The zero-order valence-corrected chi connectivity index (χ0v) is 16.9. The number of methoxy groups -OCH3 is 1. The van der Waals surface area contributed by atoms with Gasteiger partial charge < -0.3 is 19.5 Å². The Balaban J connectivity index is 1.81. The second kappa shape index (κ2) is 8.12. The van der Waals surface area contributed by atoms with Crippen LogP contribution in [0.25, 0.3) is 5.69 Å². The Hall–Kier alpha value is -2.70. The minimum atomic E-state index is -0.0248. The second-order valence-corrected chi connectivity index (χ2v) is 7.29. The first-order chi connectivity index (χ1) is 13.7. The van der Waals surface area contributed by atoms with Gasteiger partial charge in [-0.05, 0) is 55.0 Å². The SMILES string of the molecule is COCCN1C(=S)N[C@H](c2ccccn2)[C@H]1c1cccn1-c1ccccc1C. The van der Waals surface area contributed by atoms with Gasteiger partial charge in [-0.1, -0.05) is 24.3 Å². The molecule has 0 saturated carbocycles. The van der Waals surface area contributed by atoms with Crippen LogP contribution >= 0.6 is 12.2 Å². The van der Waals surface area contributed by atoms with E-state index in [4.69, 9.17) is 17.0 Å². The smallest absolute Gasteiger partial charge is 0.170 e. The van der Waals surface area contributed by atoms with Gasteiger partial charge >= 0.3 is 0 Å². The van der Waals surface area contributed by atoms with E-state index in [2.05, 4.69) is 69.3 Å². The van der Waals surface area contributed by atoms with E-state index >= 15 is 0 Å². The molecule has 144 valence electrons. The van der Waals surface area contributed by atoms with Gasteiger partial charge in [0, 0.05) is 37.4 Å². The Labute approximate surface area is 171 Å². The van der Waals surface area contributed by atoms with Gasteiger partial charge in [-0.15, -0.1) is 0 Å². The standard InChI is InChI=1S/C22H24N4OS/c1-16-8-3-4-10-18(16)25-13-7-11-19(25)21-20(17-9-5-6-12-23-17)24-22(28)26(21)14-15-27-2/h3-13,20-21H,14-15H2,1-2H3,(H,24,28)/t20-,21-/m1/s1. The molecule has 3 heterocycles. The van der Waals surface area contributed by atoms with Crippen LogP contribution in [-0.4, -0.2) is 39.8 Å². The molecule has 6 heteroatoms. The Morgan fingerprint density at radius 2 is 1.93 bits per heavy atom. The Kier molecular flexibility index (Phi) is 5.41. The van der Waals surface area contributed by atoms with E-state index in [0.29, 0.717) is 6.61 Å². The summed E-state index contributed by atoms with van der Waals surface area (Å²) in [5.74, 6) is 0. The molecule has 1 N–H and O–H groups in total. The predicted molar refractivity (Wildman–Crippen MR) is 115 cm³/mol. The molecule has 5 nitrogen and oxygen atoms in total. The number of para-hydroxylation sites is 1. The molecule has 3 aromatic rings. The molecule has 4 rings (SSSR count). The van der Waals surface area contributed by atoms with Gasteiger partial charge in [-0.3, -0.25) is 4.98 Å². The van der Waals surface area contributed by atoms with Gasteiger partial charge in [0.2, 0.25) is 0 Å². The highest BCUT2D eigenvalue weighted by Crippen LogP contribution is 2.39. The highest BCUT2D eigenvalue weighted by Gasteiger charge is 2.41. The first-order valence-electron chi connectivity index (χ1n) is 9.41. The van der Waals surface area contributed by atoms with Gasteiger partial charge in [0.05, 0.1) is 24.4 Å². The lowest BCUT2D eigenvalue weighted by molar-refractivity contribution is 0.163. The molecule has 0 spiro atoms. The fourth-order valence-electron chi connectivity index (χ4n) is 3.85. The molecule has 0 amide bonds. The van der Waals surface area contributed by atoms with Crippen molar-refractivity contribution in [2.75, 3.05) is 20.3 Å². The number of hydrogen-bond donors (Lipinski definition) is 1. The lowest BCUT2D eigenvalue weighted by atomic mass is 10.0. The van der Waals surface area contributed by atoms with Crippen LogP contribution in [-0.2, 0) is 4.74 Å². The maximum Gasteiger partial charge on any atom is 0.170 e. The molecule has 1 aromatic carbocycles. The molecule has 2 aromatic heterocycles. The summed E-state index contributed by atoms with van der Waals surface area (Å²) in [6.45, 7) is 3.46. The number of nitrogens with one attached hydrogen (secondary N) is 1. The molecule has 0 unspecified atom stereocenters. The van der Waals surface area contributed by atoms with E-state index in [1.165, 1.54) is 16.9 Å². The number of aryl methyl sites for hydroxylation is 1. The predicted octanol–water partition coefficient (Wildman–Crippen LogP) is 3.80. The van der Waals surface area contributed by atoms with E-state index in [-0.39, 0.29) is 12.1 Å². The lowest BCUT2D eigenvalue weighted by Crippen LogP contribution is -2.33. The number of benzene rings is 1. The Morgan fingerprint density at radius 3 is 2.68 bits per heavy atom. The van der Waals surface area contributed by atoms with Crippen LogP contribution in [0.5, 0.6) is 0 Å². The Morgan fingerprint density at radius 1 is 1.11 bits per heavy atom. The first kappa shape index (κ1) is 18.7. The van der Waals surface area contributed by atoms with E-state index in [1.54, 1.807) is 7.11 Å². The lowest BCUT2D eigenvalue weighted by Gasteiger charge is -2.29. The molecule has 1 fully saturated rings. The minimum absolute atomic E-state index is 0.0205. The summed E-state index contributed by atoms with van der Waals surface area (Å²) in [6, 6.07) is 18.7. The number of nitrogens with zero attached hydrogens (tertiary/aromatic N) is 3. The molecule has 0 bridgehead atoms. The van der Waals surface area contributed by atoms with Crippen molar-refractivity contribution < 1.29 is 4.74 Å². The van der Waals surface area contributed by atoms with Crippen LogP contribution in [0.1, 0.15) is 29.0 Å². The monoisotopic (exact) mass is 392 g/mol. The normalized spacial score (nSPS) is 19.1. The zero-order chi connectivity index (χ0) is 19.5. The van der Waals surface area contributed by atoms with E-state index in [0.717, 1.165) is 17.4 Å². The summed E-state index contributed by atoms with van der Waals surface area (Å²) in [5, 5.41) is 4.22. The van der Waals surface area contributed by atoms with Crippen LogP contribution in [0.15, 0.2) is 67.0 Å². The molecule has 0 radical (unpaired) electrons. The van der Waals surface area contributed by atoms with Gasteiger partial charge in [0.15, 0.2) is 5.11 Å². The average molecular weight is 393 g/mol. The number of ether oxygens (including phenoxy) is 1. The molecule has 28 heavy (non-hydrogen) atoms. The zero-order valence-electron chi connectivity index (χ0n) is 16.1. The second-order valence-electron chi connectivity index (χ2n) is 6.90. The highest BCUT2D eigenvalue weighted by atomic mass is 32.1. The molecule has 1 saturated heterocycles. The van der Waals surface area contributed by atoms with Gasteiger partial charge in [-0.25, -0.2) is 0 Å². The molecule has 0 aliphatic carbocycles. The molecular weight excluding hydrogens is 368 g/mol. The van der Waals surface area contributed by atoms with E-state index in [9.17, 15) is 0 Å². The van der Waals surface area contributed by atoms with Crippen LogP contribution < -0.4 is 5.32 Å². The fraction of sp³-hybridized carbons (Fsp3) is 0.273. The third kappa shape index (κ3) is 3.41. The van der Waals surface area contributed by atoms with Crippen molar-refractivity contribution >= 4 is 17.3 Å². The number of thiocarbonyl (C=S) groups is 1. The summed E-state index contributed by atoms with van der Waals surface area (Å²) < 4.78 is 7.60. The molecule has 1 aliphatic heterocycles. The fourth-order valence-corrected chi connectivity index (χ4v) is 4.18. The summed E-state index contributed by atoms with van der Waals surface area (Å²) >= 11 is 5.69. The van der Waals surface area contributed by atoms with E-state index in [1.807, 2.05) is 24.4 Å². The maximum absolute atomic E-state index is 5.69. The van der Waals surface area contributed by atoms with Crippen LogP contribution in [0, 0.1) is 6.92 Å². The topological polar surface area (TPSA) is 42.3 Å². The summed E-state index contributed by atoms with van der Waals surface area (Å²) in [5.41, 5.74) is 4.55. The van der Waals surface area contributed by atoms with Crippen molar-refractivity contribution in [2.45, 2.75) is 19.0 Å². The largest absolute Gasteiger partial charge is 0.383 e. The van der Waals surface area contributed by atoms with Crippen molar-refractivity contribution in [3.8, 4) is 5.69 Å². The van der Waals surface area contributed by atoms with Crippen LogP contribution in [0.2, 0.25) is 0 Å². The number of hydrogen-bond acceptors (Lipinski definition) is 3. The third-order valence-electron chi connectivity index (χ3n) is 5.19. The number of aromatic nitrogens is 2. The van der Waals surface area contributed by atoms with Gasteiger partial charge in [-0.2, -0.15) is 0 Å². The van der Waals surface area contributed by atoms with Crippen LogP contribution in [0.4, 0.5) is 0 Å². The summed E-state index contributed by atoms with van der Waals surface area (Å²) in [4.78, 5) is 6.81. The quantitative estimate of drug-likeness (QED) is 0.647. The number of pyridine rings is 1. The van der Waals surface area contributed by atoms with Crippen molar-refractivity contribution in [3.63, 3.8) is 0 Å². The summed E-state index contributed by atoms with van der Waals surface area (Å²) in [6.07, 6.45) is 3.94. The first-order valence-corrected chi connectivity index (χ1v) is 9.82. The Bertz CT molecular complexity index is 956. The third-order valence-corrected chi connectivity index (χ3v) is 5.54. The van der Waals surface area contributed by atoms with Crippen molar-refractivity contribution in [1.29, 1.82) is 0 Å². The van der Waals surface area contributed by atoms with Crippen LogP contribution in [0.3, 0.4) is 0 Å². The van der Waals surface area contributed by atoms with E-state index < -0.39 is 0 Å². The minimum Gasteiger partial charge on any atom is -0.383 e.